The quantitative estimate of drug-likeness (QED) is 0.457. The van der Waals surface area contributed by atoms with Gasteiger partial charge in [-0.05, 0) is 45.6 Å². The van der Waals surface area contributed by atoms with Crippen molar-refractivity contribution in [1.82, 2.24) is 0 Å². The second-order valence-corrected chi connectivity index (χ2v) is 11.8. The van der Waals surface area contributed by atoms with Crippen molar-refractivity contribution in [3.05, 3.63) is 36.3 Å². The molecule has 5 heterocycles. The normalized spacial score (nSPS) is 51.9. The average molecular weight is 469 g/mol. The molecular formula is C26H28O8. The van der Waals surface area contributed by atoms with Gasteiger partial charge >= 0.3 is 11.9 Å². The van der Waals surface area contributed by atoms with E-state index in [1.807, 2.05) is 26.8 Å². The average Bonchev–Trinajstić information content (AvgIpc) is 3.26. The molecule has 34 heavy (non-hydrogen) atoms. The molecule has 7 rings (SSSR count). The van der Waals surface area contributed by atoms with Crippen molar-refractivity contribution in [2.75, 3.05) is 0 Å². The second kappa shape index (κ2) is 5.85. The van der Waals surface area contributed by atoms with E-state index < -0.39 is 57.9 Å². The predicted octanol–water partition coefficient (Wildman–Crippen LogP) is 3.26. The summed E-state index contributed by atoms with van der Waals surface area (Å²) in [6, 6.07) is 1.80. The van der Waals surface area contributed by atoms with Crippen LogP contribution in [0.25, 0.3) is 0 Å². The summed E-state index contributed by atoms with van der Waals surface area (Å²) in [7, 11) is 0. The molecule has 2 spiro atoms. The Bertz CT molecular complexity index is 1170. The van der Waals surface area contributed by atoms with Crippen LogP contribution in [0, 0.1) is 28.1 Å². The van der Waals surface area contributed by atoms with E-state index in [2.05, 4.69) is 6.92 Å². The third-order valence-electron chi connectivity index (χ3n) is 10.3. The van der Waals surface area contributed by atoms with Crippen LogP contribution in [0.2, 0.25) is 0 Å². The topological polar surface area (TPSA) is 105 Å². The largest absolute Gasteiger partial charge is 0.472 e. The molecule has 9 atom stereocenters. The van der Waals surface area contributed by atoms with Crippen LogP contribution < -0.4 is 0 Å². The highest BCUT2D eigenvalue weighted by Crippen LogP contribution is 2.79. The number of carbonyl (C=O) groups excluding carboxylic acids is 3. The van der Waals surface area contributed by atoms with Gasteiger partial charge in [0.15, 0.2) is 6.10 Å². The Kier molecular flexibility index (Phi) is 3.59. The number of hydrogen-bond donors (Lipinski definition) is 0. The first kappa shape index (κ1) is 20.9. The summed E-state index contributed by atoms with van der Waals surface area (Å²) in [6.07, 6.45) is 6.02. The van der Waals surface area contributed by atoms with Gasteiger partial charge in [0.05, 0.1) is 29.0 Å². The highest BCUT2D eigenvalue weighted by atomic mass is 16.7. The third-order valence-corrected chi connectivity index (χ3v) is 10.3. The summed E-state index contributed by atoms with van der Waals surface area (Å²) in [5.74, 6) is -1.19. The zero-order valence-electron chi connectivity index (χ0n) is 19.7. The van der Waals surface area contributed by atoms with Gasteiger partial charge in [-0.2, -0.15) is 0 Å². The Morgan fingerprint density at radius 3 is 2.50 bits per heavy atom. The van der Waals surface area contributed by atoms with Gasteiger partial charge in [0.25, 0.3) is 0 Å². The van der Waals surface area contributed by atoms with E-state index in [-0.39, 0.29) is 24.0 Å². The predicted molar refractivity (Wildman–Crippen MR) is 114 cm³/mol. The molecule has 0 N–H and O–H groups in total. The molecule has 8 heteroatoms. The van der Waals surface area contributed by atoms with Crippen LogP contribution >= 0.6 is 0 Å². The highest BCUT2D eigenvalue weighted by molar-refractivity contribution is 5.93. The molecule has 0 radical (unpaired) electrons. The molecule has 4 aliphatic heterocycles. The molecule has 0 bridgehead atoms. The van der Waals surface area contributed by atoms with Crippen molar-refractivity contribution < 1.29 is 37.7 Å². The molecule has 0 aromatic carbocycles. The zero-order valence-corrected chi connectivity index (χ0v) is 19.7. The van der Waals surface area contributed by atoms with Gasteiger partial charge in [0.1, 0.15) is 17.5 Å². The standard InChI is InChI=1S/C26H28O8/c1-22(2)15-11-16(27)24(4)14(25(15)9-6-17(28)31-21(25)34-22)5-8-23(3)18(13-7-10-30-12-13)32-20(29)19-26(23,24)33-19/h6-7,9-10,12,14-15,18-19,21H,5,8,11H2,1-4H3/t14-,15-,18+,19-,21+,23+,24+,25+,26-/m1/s1. The van der Waals surface area contributed by atoms with Crippen molar-refractivity contribution in [2.24, 2.45) is 28.1 Å². The van der Waals surface area contributed by atoms with E-state index in [1.54, 1.807) is 18.6 Å². The molecular weight excluding hydrogens is 440 g/mol. The molecule has 2 saturated carbocycles. The second-order valence-electron chi connectivity index (χ2n) is 11.8. The third kappa shape index (κ3) is 1.97. The van der Waals surface area contributed by atoms with E-state index in [4.69, 9.17) is 23.4 Å². The van der Waals surface area contributed by atoms with Crippen LogP contribution in [0.1, 0.15) is 58.6 Å². The minimum absolute atomic E-state index is 0.0739. The molecule has 0 unspecified atom stereocenters. The molecule has 8 nitrogen and oxygen atoms in total. The van der Waals surface area contributed by atoms with E-state index in [0.717, 1.165) is 5.56 Å². The number of ketones is 1. The molecule has 6 aliphatic rings. The lowest BCUT2D eigenvalue weighted by molar-refractivity contribution is -0.229. The Morgan fingerprint density at radius 1 is 0.971 bits per heavy atom. The molecule has 3 saturated heterocycles. The van der Waals surface area contributed by atoms with Crippen molar-refractivity contribution in [3.63, 3.8) is 0 Å². The lowest BCUT2D eigenvalue weighted by atomic mass is 9.37. The van der Waals surface area contributed by atoms with Gasteiger partial charge in [0, 0.05) is 29.4 Å². The minimum Gasteiger partial charge on any atom is -0.472 e. The van der Waals surface area contributed by atoms with Gasteiger partial charge in [-0.25, -0.2) is 9.59 Å². The number of esters is 2. The molecule has 1 aromatic rings. The van der Waals surface area contributed by atoms with E-state index in [1.165, 1.54) is 6.08 Å². The van der Waals surface area contributed by atoms with Crippen molar-refractivity contribution >= 4 is 17.7 Å². The number of carbonyl (C=O) groups is 3. The lowest BCUT2D eigenvalue weighted by Gasteiger charge is -2.64. The summed E-state index contributed by atoms with van der Waals surface area (Å²) < 4.78 is 29.6. The fourth-order valence-electron chi connectivity index (χ4n) is 8.86. The first-order valence-electron chi connectivity index (χ1n) is 12.0. The molecule has 5 fully saturated rings. The first-order valence-corrected chi connectivity index (χ1v) is 12.0. The lowest BCUT2D eigenvalue weighted by Crippen LogP contribution is -2.71. The molecule has 0 amide bonds. The van der Waals surface area contributed by atoms with Crippen LogP contribution in [0.3, 0.4) is 0 Å². The summed E-state index contributed by atoms with van der Waals surface area (Å²) in [5, 5.41) is 0. The monoisotopic (exact) mass is 468 g/mol. The van der Waals surface area contributed by atoms with Crippen molar-refractivity contribution in [1.29, 1.82) is 0 Å². The summed E-state index contributed by atoms with van der Waals surface area (Å²) in [4.78, 5) is 39.5. The van der Waals surface area contributed by atoms with Crippen LogP contribution in [0.5, 0.6) is 0 Å². The fraction of sp³-hybridized carbons (Fsp3) is 0.654. The number of Topliss-reactive ketones (excluding diaryl/α,β-unsaturated/α-hetero) is 1. The molecule has 1 aromatic heterocycles. The van der Waals surface area contributed by atoms with Crippen LogP contribution in [0.15, 0.2) is 35.2 Å². The number of ether oxygens (including phenoxy) is 4. The van der Waals surface area contributed by atoms with Crippen molar-refractivity contribution in [3.8, 4) is 0 Å². The first-order chi connectivity index (χ1) is 16.0. The fourth-order valence-corrected chi connectivity index (χ4v) is 8.86. The van der Waals surface area contributed by atoms with Gasteiger partial charge in [-0.3, -0.25) is 4.79 Å². The maximum Gasteiger partial charge on any atom is 0.339 e. The number of cyclic esters (lactones) is 1. The maximum atomic E-state index is 14.2. The van der Waals surface area contributed by atoms with E-state index in [0.29, 0.717) is 12.8 Å². The van der Waals surface area contributed by atoms with E-state index >= 15 is 0 Å². The summed E-state index contributed by atoms with van der Waals surface area (Å²) in [6.45, 7) is 7.95. The molecule has 180 valence electrons. The summed E-state index contributed by atoms with van der Waals surface area (Å²) in [5.41, 5.74) is -3.18. The summed E-state index contributed by atoms with van der Waals surface area (Å²) >= 11 is 0. The zero-order chi connectivity index (χ0) is 23.9. The Hall–Kier alpha value is -2.45. The van der Waals surface area contributed by atoms with Gasteiger partial charge in [-0.15, -0.1) is 0 Å². The van der Waals surface area contributed by atoms with Gasteiger partial charge < -0.3 is 23.4 Å². The van der Waals surface area contributed by atoms with Gasteiger partial charge in [0.2, 0.25) is 6.29 Å². The number of epoxide rings is 1. The number of hydrogen-bond acceptors (Lipinski definition) is 8. The Morgan fingerprint density at radius 2 is 1.76 bits per heavy atom. The van der Waals surface area contributed by atoms with Crippen LogP contribution in [0.4, 0.5) is 0 Å². The SMILES string of the molecule is CC1(C)O[C@@H]2OC(=O)C=C[C@]23[C@@H]1CC(=O)[C@]1(C)[C@H]3CC[C@@]2(C)[C@H](c3ccoc3)OC(=O)[C@H]3O[C@]321. The van der Waals surface area contributed by atoms with Gasteiger partial charge in [-0.1, -0.05) is 13.0 Å². The van der Waals surface area contributed by atoms with Crippen molar-refractivity contribution in [2.45, 2.75) is 76.7 Å². The minimum atomic E-state index is -1.01. The number of fused-ring (bicyclic) bond motifs is 1. The maximum absolute atomic E-state index is 14.2. The molecule has 2 aliphatic carbocycles. The van der Waals surface area contributed by atoms with Crippen LogP contribution in [-0.4, -0.2) is 41.3 Å². The highest BCUT2D eigenvalue weighted by Gasteiger charge is 2.89. The number of furan rings is 1. The van der Waals surface area contributed by atoms with E-state index in [9.17, 15) is 14.4 Å². The number of rotatable bonds is 1. The Balaban J connectivity index is 1.43. The Labute approximate surface area is 196 Å². The van der Waals surface area contributed by atoms with Crippen LogP contribution in [-0.2, 0) is 33.3 Å². The smallest absolute Gasteiger partial charge is 0.339 e.